The van der Waals surface area contributed by atoms with Crippen LogP contribution in [0.15, 0.2) is 48.5 Å². The largest absolute Gasteiger partial charge is 0.481 e. The molecule has 0 spiro atoms. The van der Waals surface area contributed by atoms with Gasteiger partial charge in [-0.25, -0.2) is 4.39 Å². The van der Waals surface area contributed by atoms with Gasteiger partial charge in [-0.2, -0.15) is 0 Å². The van der Waals surface area contributed by atoms with Crippen LogP contribution in [0.25, 0.3) is 11.1 Å². The van der Waals surface area contributed by atoms with E-state index < -0.39 is 17.2 Å². The fourth-order valence-corrected chi connectivity index (χ4v) is 1.88. The van der Waals surface area contributed by atoms with Gasteiger partial charge in [0.1, 0.15) is 5.82 Å². The van der Waals surface area contributed by atoms with Gasteiger partial charge in [0.15, 0.2) is 0 Å². The first kappa shape index (κ1) is 18.9. The fraction of sp³-hybridized carbons (Fsp3) is 0.350. The maximum atomic E-state index is 14.1. The van der Waals surface area contributed by atoms with Crippen LogP contribution in [0, 0.1) is 5.82 Å². The molecule has 0 aromatic heterocycles. The maximum absolute atomic E-state index is 14.1. The van der Waals surface area contributed by atoms with Crippen molar-refractivity contribution in [3.63, 3.8) is 0 Å². The molecule has 0 aliphatic carbocycles. The summed E-state index contributed by atoms with van der Waals surface area (Å²) in [5.74, 6) is -1.38. The fourth-order valence-electron chi connectivity index (χ4n) is 1.88. The van der Waals surface area contributed by atoms with Crippen molar-refractivity contribution in [3.05, 3.63) is 59.9 Å². The second-order valence-corrected chi connectivity index (χ2v) is 5.99. The number of unbranched alkanes of at least 4 members (excludes halogenated alkanes) is 1. The third kappa shape index (κ3) is 4.92. The maximum Gasteiger partial charge on any atom is 0.313 e. The zero-order chi connectivity index (χ0) is 17.5. The van der Waals surface area contributed by atoms with Crippen molar-refractivity contribution in [2.45, 2.75) is 46.0 Å². The minimum Gasteiger partial charge on any atom is -0.481 e. The van der Waals surface area contributed by atoms with E-state index in [9.17, 15) is 9.18 Å². The summed E-state index contributed by atoms with van der Waals surface area (Å²) in [6, 6.07) is 13.8. The van der Waals surface area contributed by atoms with Crippen molar-refractivity contribution in [1.82, 2.24) is 0 Å². The highest BCUT2D eigenvalue weighted by Gasteiger charge is 2.30. The molecule has 0 aliphatic rings. The van der Waals surface area contributed by atoms with Crippen LogP contribution in [-0.4, -0.2) is 11.1 Å². The standard InChI is InChI=1S/C16H15FO2.C4H10/c1-16(2,15(18)19)12-8-9-13(14(17)10-12)11-6-4-3-5-7-11;1-3-4-2/h3-10H,1-2H3,(H,18,19);3-4H2,1-2H3. The van der Waals surface area contributed by atoms with Gasteiger partial charge in [0.25, 0.3) is 0 Å². The molecule has 2 aromatic carbocycles. The average Bonchev–Trinajstić information content (AvgIpc) is 2.55. The van der Waals surface area contributed by atoms with Crippen LogP contribution in [-0.2, 0) is 10.2 Å². The third-order valence-corrected chi connectivity index (χ3v) is 3.81. The van der Waals surface area contributed by atoms with Gasteiger partial charge in [-0.3, -0.25) is 4.79 Å². The Morgan fingerprint density at radius 1 is 1.04 bits per heavy atom. The molecule has 2 nitrogen and oxygen atoms in total. The summed E-state index contributed by atoms with van der Waals surface area (Å²) in [6.45, 7) is 7.48. The summed E-state index contributed by atoms with van der Waals surface area (Å²) >= 11 is 0. The third-order valence-electron chi connectivity index (χ3n) is 3.81. The van der Waals surface area contributed by atoms with E-state index in [1.165, 1.54) is 18.9 Å². The van der Waals surface area contributed by atoms with Gasteiger partial charge in [0.05, 0.1) is 5.41 Å². The smallest absolute Gasteiger partial charge is 0.313 e. The highest BCUT2D eigenvalue weighted by atomic mass is 19.1. The van der Waals surface area contributed by atoms with Gasteiger partial charge in [-0.15, -0.1) is 0 Å². The van der Waals surface area contributed by atoms with Gasteiger partial charge >= 0.3 is 5.97 Å². The van der Waals surface area contributed by atoms with Crippen LogP contribution in [0.4, 0.5) is 4.39 Å². The molecule has 0 bridgehead atoms. The van der Waals surface area contributed by atoms with Crippen LogP contribution < -0.4 is 0 Å². The van der Waals surface area contributed by atoms with Crippen molar-refractivity contribution in [3.8, 4) is 11.1 Å². The topological polar surface area (TPSA) is 37.3 Å². The van der Waals surface area contributed by atoms with Gasteiger partial charge < -0.3 is 5.11 Å². The summed E-state index contributed by atoms with van der Waals surface area (Å²) in [5.41, 5.74) is 0.609. The Kier molecular flexibility index (Phi) is 6.95. The number of halogens is 1. The Balaban J connectivity index is 0.000000593. The zero-order valence-corrected chi connectivity index (χ0v) is 14.3. The first-order valence-corrected chi connectivity index (χ1v) is 7.93. The van der Waals surface area contributed by atoms with E-state index in [1.54, 1.807) is 26.0 Å². The number of hydrogen-bond donors (Lipinski definition) is 1. The molecule has 0 amide bonds. The number of rotatable bonds is 4. The number of hydrogen-bond acceptors (Lipinski definition) is 1. The summed E-state index contributed by atoms with van der Waals surface area (Å²) in [6.07, 6.45) is 2.64. The molecule has 1 N–H and O–H groups in total. The van der Waals surface area contributed by atoms with E-state index >= 15 is 0 Å². The monoisotopic (exact) mass is 316 g/mol. The van der Waals surface area contributed by atoms with E-state index in [0.29, 0.717) is 11.1 Å². The van der Waals surface area contributed by atoms with Crippen molar-refractivity contribution in [2.24, 2.45) is 0 Å². The highest BCUT2D eigenvalue weighted by Crippen LogP contribution is 2.29. The second-order valence-electron chi connectivity index (χ2n) is 5.99. The number of carboxylic acid groups (broad SMARTS) is 1. The van der Waals surface area contributed by atoms with Gasteiger partial charge in [0.2, 0.25) is 0 Å². The molecule has 0 atom stereocenters. The highest BCUT2D eigenvalue weighted by molar-refractivity contribution is 5.80. The molecule has 2 rings (SSSR count). The predicted molar refractivity (Wildman–Crippen MR) is 93.1 cm³/mol. The van der Waals surface area contributed by atoms with Crippen LogP contribution in [0.3, 0.4) is 0 Å². The Bertz CT molecular complexity index is 631. The first-order valence-electron chi connectivity index (χ1n) is 7.93. The molecule has 0 saturated carbocycles. The second kappa shape index (κ2) is 8.47. The van der Waals surface area contributed by atoms with Crippen LogP contribution in [0.2, 0.25) is 0 Å². The van der Waals surface area contributed by atoms with Crippen molar-refractivity contribution < 1.29 is 14.3 Å². The molecule has 23 heavy (non-hydrogen) atoms. The summed E-state index contributed by atoms with van der Waals surface area (Å²) in [4.78, 5) is 11.2. The average molecular weight is 316 g/mol. The van der Waals surface area contributed by atoms with Crippen LogP contribution >= 0.6 is 0 Å². The molecule has 124 valence electrons. The minimum atomic E-state index is -1.10. The molecule has 0 saturated heterocycles. The SMILES string of the molecule is CC(C)(C(=O)O)c1ccc(-c2ccccc2)c(F)c1.CCCC. The Morgan fingerprint density at radius 3 is 2.04 bits per heavy atom. The Labute approximate surface area is 138 Å². The lowest BCUT2D eigenvalue weighted by Crippen LogP contribution is -2.28. The van der Waals surface area contributed by atoms with E-state index in [0.717, 1.165) is 5.56 Å². The van der Waals surface area contributed by atoms with E-state index in [-0.39, 0.29) is 0 Å². The normalized spacial score (nSPS) is 10.7. The minimum absolute atomic E-state index is 0.405. The molecule has 0 aliphatic heterocycles. The van der Waals surface area contributed by atoms with E-state index in [2.05, 4.69) is 13.8 Å². The summed E-state index contributed by atoms with van der Waals surface area (Å²) < 4.78 is 14.1. The number of carbonyl (C=O) groups is 1. The Morgan fingerprint density at radius 2 is 1.61 bits per heavy atom. The van der Waals surface area contributed by atoms with Crippen LogP contribution in [0.5, 0.6) is 0 Å². The molecule has 2 aromatic rings. The number of aliphatic carboxylic acids is 1. The molecular weight excluding hydrogens is 291 g/mol. The number of benzene rings is 2. The van der Waals surface area contributed by atoms with Gasteiger partial charge in [-0.05, 0) is 31.0 Å². The molecule has 0 heterocycles. The molecule has 0 unspecified atom stereocenters. The van der Waals surface area contributed by atoms with Gasteiger partial charge in [0, 0.05) is 5.56 Å². The van der Waals surface area contributed by atoms with E-state index in [4.69, 9.17) is 5.11 Å². The lowest BCUT2D eigenvalue weighted by molar-refractivity contribution is -0.142. The molecule has 3 heteroatoms. The molecule has 0 fully saturated rings. The van der Waals surface area contributed by atoms with Crippen LogP contribution in [0.1, 0.15) is 46.1 Å². The molecular formula is C20H25FO2. The lowest BCUT2D eigenvalue weighted by atomic mass is 9.84. The van der Waals surface area contributed by atoms with Crippen molar-refractivity contribution in [2.75, 3.05) is 0 Å². The lowest BCUT2D eigenvalue weighted by Gasteiger charge is -2.20. The summed E-state index contributed by atoms with van der Waals surface area (Å²) in [7, 11) is 0. The van der Waals surface area contributed by atoms with E-state index in [1.807, 2.05) is 30.3 Å². The number of carboxylic acids is 1. The predicted octanol–water partition coefficient (Wildman–Crippen LogP) is 5.66. The first-order chi connectivity index (χ1) is 10.8. The molecule has 0 radical (unpaired) electrons. The van der Waals surface area contributed by atoms with Gasteiger partial charge in [-0.1, -0.05) is 69.2 Å². The van der Waals surface area contributed by atoms with Crippen molar-refractivity contribution >= 4 is 5.97 Å². The Hall–Kier alpha value is -2.16. The quantitative estimate of drug-likeness (QED) is 0.790. The summed E-state index contributed by atoms with van der Waals surface area (Å²) in [5, 5.41) is 9.15. The zero-order valence-electron chi connectivity index (χ0n) is 14.3. The van der Waals surface area contributed by atoms with Crippen molar-refractivity contribution in [1.29, 1.82) is 0 Å².